The van der Waals surface area contributed by atoms with Crippen LogP contribution < -0.4 is 5.32 Å². The van der Waals surface area contributed by atoms with Crippen molar-refractivity contribution in [2.24, 2.45) is 0 Å². The van der Waals surface area contributed by atoms with Gasteiger partial charge < -0.3 is 15.0 Å². The monoisotopic (exact) mass is 279 g/mol. The fraction of sp³-hybridized carbons (Fsp3) is 0.600. The summed E-state index contributed by atoms with van der Waals surface area (Å²) in [5.41, 5.74) is 1.52. The highest BCUT2D eigenvalue weighted by molar-refractivity contribution is 5.94. The van der Waals surface area contributed by atoms with Crippen LogP contribution in [-0.2, 0) is 4.74 Å². The average molecular weight is 279 g/mol. The SMILES string of the molecule is CCCNc1cc(C(=O)N(C)CCCOC)cc(C)n1. The maximum Gasteiger partial charge on any atom is 0.253 e. The van der Waals surface area contributed by atoms with Gasteiger partial charge in [-0.15, -0.1) is 0 Å². The Kier molecular flexibility index (Phi) is 7.01. The zero-order chi connectivity index (χ0) is 15.0. The van der Waals surface area contributed by atoms with Crippen LogP contribution in [0.2, 0.25) is 0 Å². The number of pyridine rings is 1. The molecule has 0 aliphatic heterocycles. The number of amides is 1. The summed E-state index contributed by atoms with van der Waals surface area (Å²) in [4.78, 5) is 18.5. The zero-order valence-corrected chi connectivity index (χ0v) is 12.9. The highest BCUT2D eigenvalue weighted by Gasteiger charge is 2.13. The van der Waals surface area contributed by atoms with Crippen molar-refractivity contribution < 1.29 is 9.53 Å². The van der Waals surface area contributed by atoms with Crippen LogP contribution in [-0.4, -0.2) is 49.6 Å². The molecule has 0 bridgehead atoms. The van der Waals surface area contributed by atoms with Crippen LogP contribution in [0.3, 0.4) is 0 Å². The normalized spacial score (nSPS) is 10.4. The first-order valence-corrected chi connectivity index (χ1v) is 7.05. The van der Waals surface area contributed by atoms with E-state index in [0.29, 0.717) is 18.7 Å². The Morgan fingerprint density at radius 2 is 2.20 bits per heavy atom. The summed E-state index contributed by atoms with van der Waals surface area (Å²) in [5.74, 6) is 0.784. The van der Waals surface area contributed by atoms with Crippen molar-refractivity contribution in [2.75, 3.05) is 39.2 Å². The number of methoxy groups -OCH3 is 1. The van der Waals surface area contributed by atoms with Gasteiger partial charge in [0, 0.05) is 45.1 Å². The lowest BCUT2D eigenvalue weighted by atomic mass is 10.2. The van der Waals surface area contributed by atoms with Crippen LogP contribution in [0.1, 0.15) is 35.8 Å². The lowest BCUT2D eigenvalue weighted by Gasteiger charge is -2.17. The molecule has 0 aromatic carbocycles. The topological polar surface area (TPSA) is 54.5 Å². The van der Waals surface area contributed by atoms with Crippen molar-refractivity contribution in [3.63, 3.8) is 0 Å². The molecule has 0 spiro atoms. The molecule has 0 radical (unpaired) electrons. The summed E-state index contributed by atoms with van der Waals surface area (Å²) in [7, 11) is 3.48. The molecular formula is C15H25N3O2. The second-order valence-electron chi connectivity index (χ2n) is 4.88. The van der Waals surface area contributed by atoms with E-state index in [1.165, 1.54) is 0 Å². The number of aromatic nitrogens is 1. The van der Waals surface area contributed by atoms with Gasteiger partial charge in [-0.2, -0.15) is 0 Å². The van der Waals surface area contributed by atoms with Gasteiger partial charge >= 0.3 is 0 Å². The molecule has 20 heavy (non-hydrogen) atoms. The summed E-state index contributed by atoms with van der Waals surface area (Å²) < 4.78 is 5.00. The van der Waals surface area contributed by atoms with Crippen molar-refractivity contribution in [3.05, 3.63) is 23.4 Å². The van der Waals surface area contributed by atoms with E-state index in [1.807, 2.05) is 26.1 Å². The van der Waals surface area contributed by atoms with E-state index in [-0.39, 0.29) is 5.91 Å². The summed E-state index contributed by atoms with van der Waals surface area (Å²) in [6.07, 6.45) is 1.86. The molecule has 0 atom stereocenters. The Hall–Kier alpha value is -1.62. The Bertz CT molecular complexity index is 435. The molecule has 112 valence electrons. The number of rotatable bonds is 8. The van der Waals surface area contributed by atoms with Crippen molar-refractivity contribution >= 4 is 11.7 Å². The lowest BCUT2D eigenvalue weighted by molar-refractivity contribution is 0.0779. The molecule has 1 amide bonds. The second-order valence-corrected chi connectivity index (χ2v) is 4.88. The Labute approximate surface area is 121 Å². The lowest BCUT2D eigenvalue weighted by Crippen LogP contribution is -2.28. The van der Waals surface area contributed by atoms with E-state index in [2.05, 4.69) is 17.2 Å². The molecular weight excluding hydrogens is 254 g/mol. The maximum atomic E-state index is 12.3. The van der Waals surface area contributed by atoms with Crippen LogP contribution in [0, 0.1) is 6.92 Å². The average Bonchev–Trinajstić information content (AvgIpc) is 2.43. The molecule has 1 N–H and O–H groups in total. The third-order valence-corrected chi connectivity index (χ3v) is 2.95. The minimum absolute atomic E-state index is 0.0196. The largest absolute Gasteiger partial charge is 0.385 e. The van der Waals surface area contributed by atoms with Gasteiger partial charge in [-0.3, -0.25) is 4.79 Å². The van der Waals surface area contributed by atoms with Crippen molar-refractivity contribution in [1.29, 1.82) is 0 Å². The minimum Gasteiger partial charge on any atom is -0.385 e. The molecule has 0 unspecified atom stereocenters. The summed E-state index contributed by atoms with van der Waals surface area (Å²) in [5, 5.41) is 3.22. The van der Waals surface area contributed by atoms with Crippen LogP contribution in [0.4, 0.5) is 5.82 Å². The molecule has 1 aromatic heterocycles. The van der Waals surface area contributed by atoms with E-state index in [0.717, 1.165) is 30.9 Å². The third-order valence-electron chi connectivity index (χ3n) is 2.95. The van der Waals surface area contributed by atoms with Crippen LogP contribution >= 0.6 is 0 Å². The number of nitrogens with zero attached hydrogens (tertiary/aromatic N) is 2. The van der Waals surface area contributed by atoms with Crippen LogP contribution in [0.5, 0.6) is 0 Å². The Morgan fingerprint density at radius 3 is 2.85 bits per heavy atom. The van der Waals surface area contributed by atoms with E-state index < -0.39 is 0 Å². The minimum atomic E-state index is 0.0196. The standard InChI is InChI=1S/C15H25N3O2/c1-5-7-16-14-11-13(10-12(2)17-14)15(19)18(3)8-6-9-20-4/h10-11H,5-9H2,1-4H3,(H,16,17). The number of ether oxygens (including phenoxy) is 1. The van der Waals surface area contributed by atoms with Crippen LogP contribution in [0.25, 0.3) is 0 Å². The molecule has 1 rings (SSSR count). The van der Waals surface area contributed by atoms with E-state index >= 15 is 0 Å². The molecule has 0 saturated carbocycles. The number of aryl methyl sites for hydroxylation is 1. The first-order chi connectivity index (χ1) is 9.58. The first-order valence-electron chi connectivity index (χ1n) is 7.05. The smallest absolute Gasteiger partial charge is 0.253 e. The van der Waals surface area contributed by atoms with Gasteiger partial charge in [-0.25, -0.2) is 4.98 Å². The molecule has 0 saturated heterocycles. The number of hydrogen-bond donors (Lipinski definition) is 1. The quantitative estimate of drug-likeness (QED) is 0.742. The van der Waals surface area contributed by atoms with Gasteiger partial charge in [-0.05, 0) is 31.9 Å². The van der Waals surface area contributed by atoms with E-state index in [9.17, 15) is 4.79 Å². The van der Waals surface area contributed by atoms with Crippen molar-refractivity contribution in [2.45, 2.75) is 26.7 Å². The third kappa shape index (κ3) is 5.17. The molecule has 0 aliphatic carbocycles. The number of anilines is 1. The number of carbonyl (C=O) groups is 1. The Balaban J connectivity index is 2.73. The van der Waals surface area contributed by atoms with E-state index in [4.69, 9.17) is 4.74 Å². The molecule has 0 fully saturated rings. The van der Waals surface area contributed by atoms with Crippen molar-refractivity contribution in [3.8, 4) is 0 Å². The van der Waals surface area contributed by atoms with Gasteiger partial charge in [0.25, 0.3) is 5.91 Å². The second kappa shape index (κ2) is 8.53. The predicted octanol–water partition coefficient (Wildman–Crippen LogP) is 2.32. The van der Waals surface area contributed by atoms with Crippen LogP contribution in [0.15, 0.2) is 12.1 Å². The number of carbonyl (C=O) groups excluding carboxylic acids is 1. The zero-order valence-electron chi connectivity index (χ0n) is 12.9. The van der Waals surface area contributed by atoms with E-state index in [1.54, 1.807) is 12.0 Å². The molecule has 0 aliphatic rings. The van der Waals surface area contributed by atoms with Gasteiger partial charge in [0.2, 0.25) is 0 Å². The van der Waals surface area contributed by atoms with Gasteiger partial charge in [0.05, 0.1) is 0 Å². The number of hydrogen-bond acceptors (Lipinski definition) is 4. The Morgan fingerprint density at radius 1 is 1.45 bits per heavy atom. The molecule has 1 heterocycles. The molecule has 5 nitrogen and oxygen atoms in total. The highest BCUT2D eigenvalue weighted by atomic mass is 16.5. The summed E-state index contributed by atoms with van der Waals surface area (Å²) in [6, 6.07) is 3.64. The highest BCUT2D eigenvalue weighted by Crippen LogP contribution is 2.12. The fourth-order valence-corrected chi connectivity index (χ4v) is 1.90. The number of nitrogens with one attached hydrogen (secondary N) is 1. The fourth-order valence-electron chi connectivity index (χ4n) is 1.90. The molecule has 5 heteroatoms. The summed E-state index contributed by atoms with van der Waals surface area (Å²) >= 11 is 0. The predicted molar refractivity (Wildman–Crippen MR) is 81.2 cm³/mol. The van der Waals surface area contributed by atoms with Gasteiger partial charge in [0.15, 0.2) is 0 Å². The van der Waals surface area contributed by atoms with Gasteiger partial charge in [-0.1, -0.05) is 6.92 Å². The summed E-state index contributed by atoms with van der Waals surface area (Å²) in [6.45, 7) is 6.20. The molecule has 1 aromatic rings. The first kappa shape index (κ1) is 16.4. The van der Waals surface area contributed by atoms with Gasteiger partial charge in [0.1, 0.15) is 5.82 Å². The maximum absolute atomic E-state index is 12.3. The van der Waals surface area contributed by atoms with Crippen molar-refractivity contribution in [1.82, 2.24) is 9.88 Å².